The van der Waals surface area contributed by atoms with Crippen LogP contribution in [0.5, 0.6) is 0 Å². The molecule has 6 heteroatoms. The van der Waals surface area contributed by atoms with Crippen molar-refractivity contribution < 1.29 is 14.3 Å². The number of urea groups is 1. The Labute approximate surface area is 132 Å². The molecule has 2 rings (SSSR count). The average Bonchev–Trinajstić information content (AvgIpc) is 2.81. The van der Waals surface area contributed by atoms with Crippen molar-refractivity contribution in [2.45, 2.75) is 38.5 Å². The van der Waals surface area contributed by atoms with E-state index in [1.54, 1.807) is 9.80 Å². The molecule has 1 saturated heterocycles. The van der Waals surface area contributed by atoms with E-state index in [1.165, 1.54) is 38.4 Å². The van der Waals surface area contributed by atoms with Gasteiger partial charge in [0, 0.05) is 32.7 Å². The second-order valence-electron chi connectivity index (χ2n) is 5.89. The van der Waals surface area contributed by atoms with Crippen molar-refractivity contribution in [2.75, 3.05) is 39.8 Å². The van der Waals surface area contributed by atoms with Crippen LogP contribution < -0.4 is 5.32 Å². The van der Waals surface area contributed by atoms with Crippen LogP contribution in [-0.2, 0) is 4.74 Å². The fraction of sp³-hybridized carbons (Fsp3) is 0.750. The standard InChI is InChI=1S/C16H27N3O3/c1-22-16(21)19-11-5-10-18(12-13-19)15(20)17-9-8-14-6-3-2-4-7-14/h6H,2-5,7-13H2,1H3,(H,17,20). The summed E-state index contributed by atoms with van der Waals surface area (Å²) in [6, 6.07) is -0.0249. The van der Waals surface area contributed by atoms with E-state index in [9.17, 15) is 9.59 Å². The third-order valence-corrected chi connectivity index (χ3v) is 4.32. The van der Waals surface area contributed by atoms with Crippen molar-refractivity contribution in [1.29, 1.82) is 0 Å². The molecule has 0 spiro atoms. The highest BCUT2D eigenvalue weighted by atomic mass is 16.5. The van der Waals surface area contributed by atoms with Gasteiger partial charge in [0.05, 0.1) is 7.11 Å². The van der Waals surface area contributed by atoms with Crippen molar-refractivity contribution in [3.8, 4) is 0 Å². The van der Waals surface area contributed by atoms with Gasteiger partial charge in [-0.1, -0.05) is 11.6 Å². The molecular weight excluding hydrogens is 282 g/mol. The zero-order valence-electron chi connectivity index (χ0n) is 13.5. The van der Waals surface area contributed by atoms with Crippen LogP contribution in [0.25, 0.3) is 0 Å². The number of ether oxygens (including phenoxy) is 1. The molecule has 22 heavy (non-hydrogen) atoms. The van der Waals surface area contributed by atoms with E-state index in [-0.39, 0.29) is 12.1 Å². The van der Waals surface area contributed by atoms with Crippen molar-refractivity contribution in [3.05, 3.63) is 11.6 Å². The normalized spacial score (nSPS) is 19.2. The molecule has 1 N–H and O–H groups in total. The van der Waals surface area contributed by atoms with Gasteiger partial charge >= 0.3 is 12.1 Å². The number of carbonyl (C=O) groups excluding carboxylic acids is 2. The number of nitrogens with one attached hydrogen (secondary N) is 1. The minimum absolute atomic E-state index is 0.0249. The summed E-state index contributed by atoms with van der Waals surface area (Å²) < 4.78 is 4.73. The molecule has 0 aromatic rings. The Balaban J connectivity index is 1.70. The molecule has 0 aromatic carbocycles. The van der Waals surface area contributed by atoms with Gasteiger partial charge in [-0.25, -0.2) is 9.59 Å². The van der Waals surface area contributed by atoms with Gasteiger partial charge < -0.3 is 19.9 Å². The molecule has 0 radical (unpaired) electrons. The number of hydrogen-bond donors (Lipinski definition) is 1. The third-order valence-electron chi connectivity index (χ3n) is 4.32. The topological polar surface area (TPSA) is 61.9 Å². The molecule has 6 nitrogen and oxygen atoms in total. The average molecular weight is 309 g/mol. The minimum atomic E-state index is -0.313. The Bertz CT molecular complexity index is 423. The molecule has 1 aliphatic heterocycles. The SMILES string of the molecule is COC(=O)N1CCCN(C(=O)NCCC2=CCCCC2)CC1. The number of carbonyl (C=O) groups is 2. The van der Waals surface area contributed by atoms with Gasteiger partial charge in [-0.15, -0.1) is 0 Å². The number of nitrogens with zero attached hydrogens (tertiary/aromatic N) is 2. The molecule has 3 amide bonds. The van der Waals surface area contributed by atoms with Crippen LogP contribution in [0, 0.1) is 0 Å². The van der Waals surface area contributed by atoms with E-state index in [0.29, 0.717) is 32.7 Å². The van der Waals surface area contributed by atoms with Crippen LogP contribution in [0.15, 0.2) is 11.6 Å². The Hall–Kier alpha value is -1.72. The van der Waals surface area contributed by atoms with Crippen LogP contribution in [0.4, 0.5) is 9.59 Å². The summed E-state index contributed by atoms with van der Waals surface area (Å²) in [4.78, 5) is 27.2. The van der Waals surface area contributed by atoms with E-state index in [0.717, 1.165) is 12.8 Å². The van der Waals surface area contributed by atoms with Gasteiger partial charge in [-0.2, -0.15) is 0 Å². The van der Waals surface area contributed by atoms with Gasteiger partial charge in [0.25, 0.3) is 0 Å². The maximum atomic E-state index is 12.2. The lowest BCUT2D eigenvalue weighted by Gasteiger charge is -2.22. The van der Waals surface area contributed by atoms with Crippen molar-refractivity contribution >= 4 is 12.1 Å². The number of methoxy groups -OCH3 is 1. The quantitative estimate of drug-likeness (QED) is 0.814. The number of allylic oxidation sites excluding steroid dienone is 1. The second kappa shape index (κ2) is 8.66. The predicted molar refractivity (Wildman–Crippen MR) is 84.7 cm³/mol. The first-order valence-electron chi connectivity index (χ1n) is 8.24. The molecule has 0 aromatic heterocycles. The highest BCUT2D eigenvalue weighted by Crippen LogP contribution is 2.19. The molecule has 1 heterocycles. The third kappa shape index (κ3) is 4.93. The fourth-order valence-electron chi connectivity index (χ4n) is 3.01. The van der Waals surface area contributed by atoms with Crippen molar-refractivity contribution in [3.63, 3.8) is 0 Å². The van der Waals surface area contributed by atoms with E-state index < -0.39 is 0 Å². The molecule has 2 aliphatic rings. The van der Waals surface area contributed by atoms with Gasteiger partial charge in [0.1, 0.15) is 0 Å². The summed E-state index contributed by atoms with van der Waals surface area (Å²) in [7, 11) is 1.39. The maximum Gasteiger partial charge on any atom is 0.409 e. The lowest BCUT2D eigenvalue weighted by Crippen LogP contribution is -2.43. The van der Waals surface area contributed by atoms with Gasteiger partial charge in [0.15, 0.2) is 0 Å². The summed E-state index contributed by atoms with van der Waals surface area (Å²) in [5.41, 5.74) is 1.47. The molecule has 1 aliphatic carbocycles. The summed E-state index contributed by atoms with van der Waals surface area (Å²) in [5, 5.41) is 3.00. The molecule has 124 valence electrons. The lowest BCUT2D eigenvalue weighted by molar-refractivity contribution is 0.125. The van der Waals surface area contributed by atoms with Crippen molar-refractivity contribution in [2.24, 2.45) is 0 Å². The Morgan fingerprint density at radius 3 is 2.64 bits per heavy atom. The first-order valence-corrected chi connectivity index (χ1v) is 8.24. The first kappa shape index (κ1) is 16.6. The summed E-state index contributed by atoms with van der Waals surface area (Å²) in [6.45, 7) is 3.11. The van der Waals surface area contributed by atoms with Gasteiger partial charge in [-0.05, 0) is 38.5 Å². The molecular formula is C16H27N3O3. The van der Waals surface area contributed by atoms with Crippen LogP contribution in [0.1, 0.15) is 38.5 Å². The highest BCUT2D eigenvalue weighted by molar-refractivity contribution is 5.74. The van der Waals surface area contributed by atoms with Crippen molar-refractivity contribution in [1.82, 2.24) is 15.1 Å². The Morgan fingerprint density at radius 2 is 1.91 bits per heavy atom. The smallest absolute Gasteiger partial charge is 0.409 e. The Kier molecular flexibility index (Phi) is 6.55. The highest BCUT2D eigenvalue weighted by Gasteiger charge is 2.22. The Morgan fingerprint density at radius 1 is 1.14 bits per heavy atom. The molecule has 1 fully saturated rings. The van der Waals surface area contributed by atoms with Gasteiger partial charge in [0.2, 0.25) is 0 Å². The van der Waals surface area contributed by atoms with Crippen LogP contribution in [0.3, 0.4) is 0 Å². The number of amides is 3. The van der Waals surface area contributed by atoms with Crippen LogP contribution in [0.2, 0.25) is 0 Å². The maximum absolute atomic E-state index is 12.2. The molecule has 0 bridgehead atoms. The minimum Gasteiger partial charge on any atom is -0.453 e. The largest absolute Gasteiger partial charge is 0.453 e. The lowest BCUT2D eigenvalue weighted by atomic mass is 9.97. The van der Waals surface area contributed by atoms with E-state index in [2.05, 4.69) is 11.4 Å². The number of rotatable bonds is 3. The zero-order chi connectivity index (χ0) is 15.8. The zero-order valence-corrected chi connectivity index (χ0v) is 13.5. The summed E-state index contributed by atoms with van der Waals surface area (Å²) in [6.07, 6.45) is 8.66. The van der Waals surface area contributed by atoms with Crippen LogP contribution in [-0.4, -0.2) is 61.8 Å². The summed E-state index contributed by atoms with van der Waals surface area (Å²) in [5.74, 6) is 0. The fourth-order valence-corrected chi connectivity index (χ4v) is 3.01. The monoisotopic (exact) mass is 309 g/mol. The van der Waals surface area contributed by atoms with Crippen LogP contribution >= 0.6 is 0 Å². The number of hydrogen-bond acceptors (Lipinski definition) is 3. The predicted octanol–water partition coefficient (Wildman–Crippen LogP) is 2.36. The second-order valence-corrected chi connectivity index (χ2v) is 5.89. The molecule has 0 saturated carbocycles. The molecule has 0 atom stereocenters. The molecule has 0 unspecified atom stereocenters. The van der Waals surface area contributed by atoms with E-state index in [1.807, 2.05) is 0 Å². The van der Waals surface area contributed by atoms with E-state index >= 15 is 0 Å². The van der Waals surface area contributed by atoms with E-state index in [4.69, 9.17) is 4.74 Å². The summed E-state index contributed by atoms with van der Waals surface area (Å²) >= 11 is 0. The van der Waals surface area contributed by atoms with Gasteiger partial charge in [-0.3, -0.25) is 0 Å². The first-order chi connectivity index (χ1) is 10.7.